The monoisotopic (exact) mass is 262 g/mol. The lowest BCUT2D eigenvalue weighted by atomic mass is 10.2. The molecule has 0 unspecified atom stereocenters. The summed E-state index contributed by atoms with van der Waals surface area (Å²) in [6.45, 7) is 4.38. The SMILES string of the molecule is CC(C)Cn1c(=O)n(CCO)c(=O)c2ccccc21. The molecule has 0 fully saturated rings. The fourth-order valence-corrected chi connectivity index (χ4v) is 2.21. The molecule has 0 bridgehead atoms. The van der Waals surface area contributed by atoms with E-state index in [1.807, 2.05) is 19.9 Å². The molecular formula is C14H18N2O3. The van der Waals surface area contributed by atoms with Gasteiger partial charge in [0.15, 0.2) is 0 Å². The second-order valence-corrected chi connectivity index (χ2v) is 4.98. The van der Waals surface area contributed by atoms with Crippen LogP contribution in [0.2, 0.25) is 0 Å². The molecule has 0 saturated carbocycles. The van der Waals surface area contributed by atoms with Crippen LogP contribution in [0, 0.1) is 5.92 Å². The van der Waals surface area contributed by atoms with Crippen molar-refractivity contribution in [1.29, 1.82) is 0 Å². The van der Waals surface area contributed by atoms with Crippen molar-refractivity contribution >= 4 is 10.9 Å². The molecule has 1 heterocycles. The third kappa shape index (κ3) is 2.46. The van der Waals surface area contributed by atoms with Crippen molar-refractivity contribution < 1.29 is 5.11 Å². The number of aliphatic hydroxyl groups excluding tert-OH is 1. The van der Waals surface area contributed by atoms with Crippen LogP contribution >= 0.6 is 0 Å². The first-order valence-electron chi connectivity index (χ1n) is 6.39. The van der Waals surface area contributed by atoms with E-state index >= 15 is 0 Å². The number of hydrogen-bond acceptors (Lipinski definition) is 3. The summed E-state index contributed by atoms with van der Waals surface area (Å²) in [7, 11) is 0. The molecule has 0 spiro atoms. The fourth-order valence-electron chi connectivity index (χ4n) is 2.21. The Morgan fingerprint density at radius 3 is 2.47 bits per heavy atom. The van der Waals surface area contributed by atoms with Crippen molar-refractivity contribution in [2.24, 2.45) is 5.92 Å². The van der Waals surface area contributed by atoms with Crippen molar-refractivity contribution in [1.82, 2.24) is 9.13 Å². The van der Waals surface area contributed by atoms with E-state index in [1.54, 1.807) is 22.8 Å². The third-order valence-corrected chi connectivity index (χ3v) is 3.00. The number of nitrogens with zero attached hydrogens (tertiary/aromatic N) is 2. The molecule has 0 saturated heterocycles. The maximum absolute atomic E-state index is 12.3. The van der Waals surface area contributed by atoms with E-state index in [0.29, 0.717) is 23.4 Å². The molecule has 1 aromatic heterocycles. The highest BCUT2D eigenvalue weighted by atomic mass is 16.3. The molecule has 2 aromatic rings. The lowest BCUT2D eigenvalue weighted by Gasteiger charge is -2.15. The highest BCUT2D eigenvalue weighted by molar-refractivity contribution is 5.77. The molecule has 1 aromatic carbocycles. The normalized spacial score (nSPS) is 11.4. The van der Waals surface area contributed by atoms with Crippen LogP contribution < -0.4 is 11.2 Å². The summed E-state index contributed by atoms with van der Waals surface area (Å²) < 4.78 is 2.71. The van der Waals surface area contributed by atoms with Crippen LogP contribution in [0.15, 0.2) is 33.9 Å². The van der Waals surface area contributed by atoms with Gasteiger partial charge >= 0.3 is 5.69 Å². The zero-order valence-electron chi connectivity index (χ0n) is 11.2. The lowest BCUT2D eigenvalue weighted by Crippen LogP contribution is -2.41. The smallest absolute Gasteiger partial charge is 0.331 e. The summed E-state index contributed by atoms with van der Waals surface area (Å²) in [5.41, 5.74) is -0.0403. The Hall–Kier alpha value is -1.88. The maximum atomic E-state index is 12.3. The number of hydrogen-bond donors (Lipinski definition) is 1. The van der Waals surface area contributed by atoms with Crippen molar-refractivity contribution in [2.75, 3.05) is 6.61 Å². The van der Waals surface area contributed by atoms with Gasteiger partial charge in [-0.2, -0.15) is 0 Å². The molecule has 0 radical (unpaired) electrons. The average Bonchev–Trinajstić information content (AvgIpc) is 2.39. The first kappa shape index (κ1) is 13.5. The van der Waals surface area contributed by atoms with E-state index in [9.17, 15) is 9.59 Å². The van der Waals surface area contributed by atoms with Crippen molar-refractivity contribution in [3.8, 4) is 0 Å². The average molecular weight is 262 g/mol. The summed E-state index contributed by atoms with van der Waals surface area (Å²) >= 11 is 0. The van der Waals surface area contributed by atoms with Crippen LogP contribution in [-0.4, -0.2) is 20.8 Å². The van der Waals surface area contributed by atoms with E-state index in [-0.39, 0.29) is 24.4 Å². The van der Waals surface area contributed by atoms with E-state index in [1.165, 1.54) is 0 Å². The van der Waals surface area contributed by atoms with E-state index < -0.39 is 0 Å². The Labute approximate surface area is 110 Å². The van der Waals surface area contributed by atoms with Gasteiger partial charge in [0.1, 0.15) is 0 Å². The number of aromatic nitrogens is 2. The maximum Gasteiger partial charge on any atom is 0.331 e. The molecule has 0 atom stereocenters. The molecule has 2 rings (SSSR count). The van der Waals surface area contributed by atoms with Crippen LogP contribution in [0.1, 0.15) is 13.8 Å². The van der Waals surface area contributed by atoms with E-state index in [0.717, 1.165) is 4.57 Å². The number of para-hydroxylation sites is 1. The summed E-state index contributed by atoms with van der Waals surface area (Å²) in [5, 5.41) is 9.52. The van der Waals surface area contributed by atoms with Crippen LogP contribution in [0.5, 0.6) is 0 Å². The molecule has 0 aliphatic carbocycles. The van der Waals surface area contributed by atoms with Crippen LogP contribution in [0.4, 0.5) is 0 Å². The second-order valence-electron chi connectivity index (χ2n) is 4.98. The Kier molecular flexibility index (Phi) is 3.85. The van der Waals surface area contributed by atoms with Gasteiger partial charge in [0.25, 0.3) is 5.56 Å². The van der Waals surface area contributed by atoms with Gasteiger partial charge in [-0.05, 0) is 18.1 Å². The number of rotatable bonds is 4. The molecule has 19 heavy (non-hydrogen) atoms. The number of aliphatic hydroxyl groups is 1. The second kappa shape index (κ2) is 5.40. The van der Waals surface area contributed by atoms with Gasteiger partial charge < -0.3 is 5.11 Å². The molecule has 102 valence electrons. The standard InChI is InChI=1S/C14H18N2O3/c1-10(2)9-16-12-6-4-3-5-11(12)13(18)15(7-8-17)14(16)19/h3-6,10,17H,7-9H2,1-2H3. The first-order valence-corrected chi connectivity index (χ1v) is 6.39. The Balaban J connectivity index is 2.84. The topological polar surface area (TPSA) is 64.2 Å². The Morgan fingerprint density at radius 2 is 1.84 bits per heavy atom. The van der Waals surface area contributed by atoms with Gasteiger partial charge in [0.05, 0.1) is 24.1 Å². The van der Waals surface area contributed by atoms with Gasteiger partial charge in [0, 0.05) is 6.54 Å². The highest BCUT2D eigenvalue weighted by Crippen LogP contribution is 2.09. The predicted octanol–water partition coefficient (Wildman–Crippen LogP) is 0.811. The molecule has 1 N–H and O–H groups in total. The van der Waals surface area contributed by atoms with E-state index in [4.69, 9.17) is 5.11 Å². The molecule has 5 heteroatoms. The van der Waals surface area contributed by atoms with Gasteiger partial charge in [-0.25, -0.2) is 4.79 Å². The van der Waals surface area contributed by atoms with Crippen LogP contribution in [0.25, 0.3) is 10.9 Å². The molecule has 0 aliphatic rings. The molecule has 5 nitrogen and oxygen atoms in total. The molecular weight excluding hydrogens is 244 g/mol. The van der Waals surface area contributed by atoms with Crippen LogP contribution in [-0.2, 0) is 13.1 Å². The van der Waals surface area contributed by atoms with Crippen molar-refractivity contribution in [2.45, 2.75) is 26.9 Å². The summed E-state index contributed by atoms with van der Waals surface area (Å²) in [6, 6.07) is 7.08. The zero-order valence-corrected chi connectivity index (χ0v) is 11.2. The Bertz CT molecular complexity index is 698. The highest BCUT2D eigenvalue weighted by Gasteiger charge is 2.12. The van der Waals surface area contributed by atoms with Gasteiger partial charge in [-0.3, -0.25) is 13.9 Å². The molecule has 0 amide bonds. The molecule has 0 aliphatic heterocycles. The lowest BCUT2D eigenvalue weighted by molar-refractivity contribution is 0.270. The van der Waals surface area contributed by atoms with E-state index in [2.05, 4.69) is 0 Å². The minimum atomic E-state index is -0.355. The number of fused-ring (bicyclic) bond motifs is 1. The summed E-state index contributed by atoms with van der Waals surface area (Å²) in [4.78, 5) is 24.6. The van der Waals surface area contributed by atoms with Crippen LogP contribution in [0.3, 0.4) is 0 Å². The van der Waals surface area contributed by atoms with Crippen molar-refractivity contribution in [3.63, 3.8) is 0 Å². The number of benzene rings is 1. The fraction of sp³-hybridized carbons (Fsp3) is 0.429. The first-order chi connectivity index (χ1) is 9.06. The predicted molar refractivity (Wildman–Crippen MR) is 74.4 cm³/mol. The minimum absolute atomic E-state index is 0.0284. The summed E-state index contributed by atoms with van der Waals surface area (Å²) in [5.74, 6) is 0.293. The minimum Gasteiger partial charge on any atom is -0.395 e. The quantitative estimate of drug-likeness (QED) is 0.887. The van der Waals surface area contributed by atoms with Crippen molar-refractivity contribution in [3.05, 3.63) is 45.1 Å². The Morgan fingerprint density at radius 1 is 1.16 bits per heavy atom. The van der Waals surface area contributed by atoms with Gasteiger partial charge in [-0.15, -0.1) is 0 Å². The van der Waals surface area contributed by atoms with Gasteiger partial charge in [-0.1, -0.05) is 26.0 Å². The van der Waals surface area contributed by atoms with Gasteiger partial charge in [0.2, 0.25) is 0 Å². The zero-order chi connectivity index (χ0) is 14.0. The third-order valence-electron chi connectivity index (χ3n) is 3.00. The largest absolute Gasteiger partial charge is 0.395 e. The summed E-state index contributed by atoms with van der Waals surface area (Å²) in [6.07, 6.45) is 0.